The summed E-state index contributed by atoms with van der Waals surface area (Å²) in [5, 5.41) is 0. The molecule has 0 N–H and O–H groups in total. The Labute approximate surface area is 166 Å². The number of ether oxygens (including phenoxy) is 1. The third-order valence-electron chi connectivity index (χ3n) is 7.07. The van der Waals surface area contributed by atoms with E-state index >= 15 is 0 Å². The minimum atomic E-state index is -0.0877. The van der Waals surface area contributed by atoms with Crippen molar-refractivity contribution >= 4 is 6.47 Å². The van der Waals surface area contributed by atoms with Crippen molar-refractivity contribution in [1.82, 2.24) is 0 Å². The zero-order valence-electron chi connectivity index (χ0n) is 17.5. The zero-order chi connectivity index (χ0) is 19.2. The number of carbonyl (C=O) groups is 1. The largest absolute Gasteiger partial charge is 0.461 e. The molecular formula is C25H38O2. The van der Waals surface area contributed by atoms with Crippen LogP contribution in [0.15, 0.2) is 18.2 Å². The van der Waals surface area contributed by atoms with E-state index < -0.39 is 0 Å². The first-order valence-corrected chi connectivity index (χ1v) is 11.2. The van der Waals surface area contributed by atoms with Gasteiger partial charge in [0.15, 0.2) is 0 Å². The first kappa shape index (κ1) is 20.4. The van der Waals surface area contributed by atoms with Crippen LogP contribution >= 0.6 is 0 Å². The van der Waals surface area contributed by atoms with Gasteiger partial charge in [0, 0.05) is 0 Å². The van der Waals surface area contributed by atoms with Crippen LogP contribution in [0.25, 0.3) is 0 Å². The number of unbranched alkanes of at least 4 members (excludes halogenated alkanes) is 4. The van der Waals surface area contributed by atoms with Gasteiger partial charge in [0.25, 0.3) is 6.47 Å². The van der Waals surface area contributed by atoms with Crippen LogP contribution in [0.4, 0.5) is 0 Å². The van der Waals surface area contributed by atoms with Crippen LogP contribution in [-0.4, -0.2) is 12.1 Å². The highest BCUT2D eigenvalue weighted by atomic mass is 16.5. The topological polar surface area (TPSA) is 26.3 Å². The molecular weight excluding hydrogens is 332 g/mol. The van der Waals surface area contributed by atoms with Gasteiger partial charge in [-0.25, -0.2) is 0 Å². The van der Waals surface area contributed by atoms with Crippen molar-refractivity contribution < 1.29 is 9.53 Å². The number of hydrogen-bond acceptors (Lipinski definition) is 2. The van der Waals surface area contributed by atoms with E-state index in [1.165, 1.54) is 68.9 Å². The van der Waals surface area contributed by atoms with Crippen LogP contribution in [0.3, 0.4) is 0 Å². The smallest absolute Gasteiger partial charge is 0.293 e. The van der Waals surface area contributed by atoms with Gasteiger partial charge in [-0.3, -0.25) is 4.79 Å². The van der Waals surface area contributed by atoms with Gasteiger partial charge < -0.3 is 4.74 Å². The van der Waals surface area contributed by atoms with Gasteiger partial charge in [0.1, 0.15) is 5.60 Å². The summed E-state index contributed by atoms with van der Waals surface area (Å²) in [5.74, 6) is 0. The number of carbonyl (C=O) groups excluding carboxylic acids is 1. The lowest BCUT2D eigenvalue weighted by Crippen LogP contribution is -2.12. The van der Waals surface area contributed by atoms with E-state index in [-0.39, 0.29) is 5.60 Å². The van der Waals surface area contributed by atoms with Gasteiger partial charge in [-0.05, 0) is 99.7 Å². The maximum absolute atomic E-state index is 10.6. The van der Waals surface area contributed by atoms with Crippen LogP contribution in [0, 0.1) is 12.3 Å². The Morgan fingerprint density at radius 3 is 2.07 bits per heavy atom. The van der Waals surface area contributed by atoms with Crippen molar-refractivity contribution in [3.8, 4) is 0 Å². The zero-order valence-corrected chi connectivity index (χ0v) is 17.5. The molecule has 0 unspecified atom stereocenters. The maximum Gasteiger partial charge on any atom is 0.293 e. The summed E-state index contributed by atoms with van der Waals surface area (Å²) in [6.07, 6.45) is 17.7. The van der Waals surface area contributed by atoms with E-state index in [1.54, 1.807) is 5.56 Å². The Kier molecular flexibility index (Phi) is 7.00. The van der Waals surface area contributed by atoms with E-state index in [9.17, 15) is 4.79 Å². The summed E-state index contributed by atoms with van der Waals surface area (Å²) in [5.41, 5.74) is 5.20. The number of aryl methyl sites for hydroxylation is 2. The molecule has 1 aromatic carbocycles. The Morgan fingerprint density at radius 1 is 0.889 bits per heavy atom. The van der Waals surface area contributed by atoms with Crippen LogP contribution in [0.1, 0.15) is 101 Å². The lowest BCUT2D eigenvalue weighted by atomic mass is 9.94. The van der Waals surface area contributed by atoms with Crippen molar-refractivity contribution in [2.45, 2.75) is 109 Å². The first-order valence-electron chi connectivity index (χ1n) is 11.2. The fourth-order valence-electron chi connectivity index (χ4n) is 4.39. The minimum absolute atomic E-state index is 0.0877. The summed E-state index contributed by atoms with van der Waals surface area (Å²) in [4.78, 5) is 10.6. The lowest BCUT2D eigenvalue weighted by molar-refractivity contribution is -0.135. The molecule has 2 aliphatic carbocycles. The van der Waals surface area contributed by atoms with Gasteiger partial charge in [0.2, 0.25) is 0 Å². The normalized spacial score (nSPS) is 18.9. The molecule has 0 atom stereocenters. The van der Waals surface area contributed by atoms with Crippen molar-refractivity contribution in [2.75, 3.05) is 0 Å². The molecule has 2 nitrogen and oxygen atoms in total. The Balaban J connectivity index is 1.33. The SMILES string of the molecule is Cc1c(CCCCCCC2(C)CC2)cccc1CCCCC1(OC=O)CC1. The molecule has 3 rings (SSSR count). The molecule has 2 heteroatoms. The average Bonchev–Trinajstić information content (AvgIpc) is 3.57. The van der Waals surface area contributed by atoms with Gasteiger partial charge in [-0.15, -0.1) is 0 Å². The summed E-state index contributed by atoms with van der Waals surface area (Å²) in [7, 11) is 0. The lowest BCUT2D eigenvalue weighted by Gasteiger charge is -2.14. The third-order valence-corrected chi connectivity index (χ3v) is 7.07. The first-order chi connectivity index (χ1) is 13.1. The van der Waals surface area contributed by atoms with Gasteiger partial charge in [-0.2, -0.15) is 0 Å². The van der Waals surface area contributed by atoms with E-state index in [2.05, 4.69) is 32.0 Å². The fourth-order valence-corrected chi connectivity index (χ4v) is 4.39. The third kappa shape index (κ3) is 6.36. The highest BCUT2D eigenvalue weighted by Gasteiger charge is 2.44. The Morgan fingerprint density at radius 2 is 1.48 bits per heavy atom. The van der Waals surface area contributed by atoms with Crippen molar-refractivity contribution in [2.24, 2.45) is 5.41 Å². The van der Waals surface area contributed by atoms with Crippen LogP contribution in [0.5, 0.6) is 0 Å². The molecule has 0 heterocycles. The molecule has 0 saturated heterocycles. The summed E-state index contributed by atoms with van der Waals surface area (Å²) < 4.78 is 5.25. The summed E-state index contributed by atoms with van der Waals surface area (Å²) in [6.45, 7) is 5.38. The van der Waals surface area contributed by atoms with E-state index in [1.807, 2.05) is 0 Å². The van der Waals surface area contributed by atoms with Crippen molar-refractivity contribution in [1.29, 1.82) is 0 Å². The Bertz CT molecular complexity index is 611. The van der Waals surface area contributed by atoms with Crippen LogP contribution in [0.2, 0.25) is 0 Å². The molecule has 0 bridgehead atoms. The quantitative estimate of drug-likeness (QED) is 0.269. The van der Waals surface area contributed by atoms with Gasteiger partial charge >= 0.3 is 0 Å². The van der Waals surface area contributed by atoms with E-state index in [0.717, 1.165) is 37.5 Å². The van der Waals surface area contributed by atoms with Crippen LogP contribution < -0.4 is 0 Å². The molecule has 2 aliphatic rings. The second-order valence-electron chi connectivity index (χ2n) is 9.53. The molecule has 0 aromatic heterocycles. The average molecular weight is 371 g/mol. The summed E-state index contributed by atoms with van der Waals surface area (Å²) >= 11 is 0. The maximum atomic E-state index is 10.6. The molecule has 0 spiro atoms. The predicted molar refractivity (Wildman–Crippen MR) is 112 cm³/mol. The molecule has 150 valence electrons. The Hall–Kier alpha value is -1.31. The second-order valence-corrected chi connectivity index (χ2v) is 9.53. The highest BCUT2D eigenvalue weighted by molar-refractivity contribution is 5.39. The molecule has 0 amide bonds. The predicted octanol–water partition coefficient (Wildman–Crippen LogP) is 6.71. The summed E-state index contributed by atoms with van der Waals surface area (Å²) in [6, 6.07) is 6.86. The van der Waals surface area contributed by atoms with Crippen molar-refractivity contribution in [3.63, 3.8) is 0 Å². The molecule has 0 aliphatic heterocycles. The number of hydrogen-bond donors (Lipinski definition) is 0. The van der Waals surface area contributed by atoms with Crippen molar-refractivity contribution in [3.05, 3.63) is 34.9 Å². The van der Waals surface area contributed by atoms with Gasteiger partial charge in [-0.1, -0.05) is 44.4 Å². The number of benzene rings is 1. The molecule has 1 aromatic rings. The van der Waals surface area contributed by atoms with E-state index in [4.69, 9.17) is 4.74 Å². The van der Waals surface area contributed by atoms with Crippen LogP contribution in [-0.2, 0) is 22.4 Å². The molecule has 27 heavy (non-hydrogen) atoms. The fraction of sp³-hybridized carbons (Fsp3) is 0.720. The molecule has 0 radical (unpaired) electrons. The van der Waals surface area contributed by atoms with E-state index in [0.29, 0.717) is 6.47 Å². The molecule has 2 fully saturated rings. The van der Waals surface area contributed by atoms with Gasteiger partial charge in [0.05, 0.1) is 0 Å². The minimum Gasteiger partial charge on any atom is -0.461 e. The highest BCUT2D eigenvalue weighted by Crippen LogP contribution is 2.49. The standard InChI is InChI=1S/C25H38O2/c1-21-22(10-5-3-4-7-14-24(2)16-17-24)12-9-13-23(21)11-6-8-15-25(18-19-25)27-20-26/h9,12-13,20H,3-8,10-11,14-19H2,1-2H3. The number of rotatable bonds is 14. The second kappa shape index (κ2) is 9.26. The monoisotopic (exact) mass is 370 g/mol. The molecule has 2 saturated carbocycles.